The van der Waals surface area contributed by atoms with Crippen LogP contribution in [0, 0.1) is 5.92 Å². The molecule has 1 aliphatic carbocycles. The van der Waals surface area contributed by atoms with E-state index in [4.69, 9.17) is 9.47 Å². The molecule has 6 nitrogen and oxygen atoms in total. The lowest BCUT2D eigenvalue weighted by molar-refractivity contribution is -0.129. The van der Waals surface area contributed by atoms with Gasteiger partial charge >= 0.3 is 5.97 Å². The van der Waals surface area contributed by atoms with Crippen LogP contribution in [0.2, 0.25) is 0 Å². The van der Waals surface area contributed by atoms with E-state index < -0.39 is 5.97 Å². The van der Waals surface area contributed by atoms with E-state index in [0.717, 1.165) is 43.7 Å². The minimum Gasteiger partial charge on any atom is -0.496 e. The van der Waals surface area contributed by atoms with Gasteiger partial charge < -0.3 is 19.5 Å². The first-order valence-corrected chi connectivity index (χ1v) is 12.2. The van der Waals surface area contributed by atoms with Crippen LogP contribution >= 0.6 is 0 Å². The minimum absolute atomic E-state index is 0.133. The third kappa shape index (κ3) is 6.38. The van der Waals surface area contributed by atoms with Crippen molar-refractivity contribution in [3.8, 4) is 16.9 Å². The highest BCUT2D eigenvalue weighted by Crippen LogP contribution is 2.43. The number of carboxylic acid groups (broad SMARTS) is 1. The Morgan fingerprint density at radius 2 is 1.85 bits per heavy atom. The molecule has 0 aromatic heterocycles. The molecule has 0 radical (unpaired) electrons. The molecule has 2 aliphatic rings. The van der Waals surface area contributed by atoms with Gasteiger partial charge in [-0.15, -0.1) is 0 Å². The van der Waals surface area contributed by atoms with Crippen LogP contribution < -0.4 is 4.74 Å². The smallest absolute Gasteiger partial charge is 0.335 e. The van der Waals surface area contributed by atoms with E-state index in [2.05, 4.69) is 19.1 Å². The van der Waals surface area contributed by atoms with Gasteiger partial charge in [-0.25, -0.2) is 4.79 Å². The SMILES string of the molecule is CC1CCCO1.CCN(CC1CC[C@H]1c1ccc(-c2cc(C(=O)O)ccc2OC)cc1)C(C)=O. The standard InChI is InChI=1S/C23H27NO4.C5H10O/c1-4-24(15(2)25)14-19-9-11-20(19)16-5-7-17(8-6-16)21-13-18(23(26)27)10-12-22(21)28-3;1-5-3-2-4-6-5/h5-8,10,12-13,19-20H,4,9,11,14H2,1-3H3,(H,26,27);5H,2-4H2,1H3/t19?,20-;/m0./s1. The predicted molar refractivity (Wildman–Crippen MR) is 133 cm³/mol. The maximum atomic E-state index is 11.7. The second kappa shape index (κ2) is 12.0. The monoisotopic (exact) mass is 467 g/mol. The summed E-state index contributed by atoms with van der Waals surface area (Å²) in [6.45, 7) is 8.31. The van der Waals surface area contributed by atoms with Crippen LogP contribution in [0.1, 0.15) is 68.3 Å². The Kier molecular flexibility index (Phi) is 9.11. The van der Waals surface area contributed by atoms with Crippen molar-refractivity contribution in [2.45, 2.75) is 58.5 Å². The fourth-order valence-electron chi connectivity index (χ4n) is 4.70. The topological polar surface area (TPSA) is 76.1 Å². The van der Waals surface area contributed by atoms with E-state index in [1.54, 1.807) is 32.2 Å². The summed E-state index contributed by atoms with van der Waals surface area (Å²) in [5.41, 5.74) is 3.21. The first-order valence-electron chi connectivity index (χ1n) is 12.2. The highest BCUT2D eigenvalue weighted by Gasteiger charge is 2.33. The third-order valence-electron chi connectivity index (χ3n) is 6.95. The fourth-order valence-corrected chi connectivity index (χ4v) is 4.70. The zero-order valence-corrected chi connectivity index (χ0v) is 20.8. The summed E-state index contributed by atoms with van der Waals surface area (Å²) in [7, 11) is 1.58. The number of nitrogens with zero attached hydrogens (tertiary/aromatic N) is 1. The molecule has 2 fully saturated rings. The normalized spacial score (nSPS) is 21.1. The molecule has 3 atom stereocenters. The maximum Gasteiger partial charge on any atom is 0.335 e. The molecule has 2 aromatic rings. The Morgan fingerprint density at radius 3 is 2.29 bits per heavy atom. The number of hydrogen-bond acceptors (Lipinski definition) is 4. The quantitative estimate of drug-likeness (QED) is 0.573. The number of aromatic carboxylic acids is 1. The summed E-state index contributed by atoms with van der Waals surface area (Å²) in [6, 6.07) is 13.2. The van der Waals surface area contributed by atoms with Gasteiger partial charge in [0.25, 0.3) is 0 Å². The fraction of sp³-hybridized carbons (Fsp3) is 0.500. The highest BCUT2D eigenvalue weighted by atomic mass is 16.5. The number of benzene rings is 2. The molecule has 0 bridgehead atoms. The number of ether oxygens (including phenoxy) is 2. The molecule has 184 valence electrons. The van der Waals surface area contributed by atoms with E-state index in [-0.39, 0.29) is 11.5 Å². The lowest BCUT2D eigenvalue weighted by atomic mass is 9.69. The largest absolute Gasteiger partial charge is 0.496 e. The summed E-state index contributed by atoms with van der Waals surface area (Å²) >= 11 is 0. The number of hydrogen-bond donors (Lipinski definition) is 1. The van der Waals surface area contributed by atoms with Crippen molar-refractivity contribution in [3.05, 3.63) is 53.6 Å². The first-order chi connectivity index (χ1) is 16.3. The van der Waals surface area contributed by atoms with Crippen LogP contribution in [0.15, 0.2) is 42.5 Å². The maximum absolute atomic E-state index is 11.7. The number of carbonyl (C=O) groups excluding carboxylic acids is 1. The van der Waals surface area contributed by atoms with E-state index in [0.29, 0.717) is 23.7 Å². The number of methoxy groups -OCH3 is 1. The zero-order valence-electron chi connectivity index (χ0n) is 20.8. The van der Waals surface area contributed by atoms with Crippen LogP contribution in [0.4, 0.5) is 0 Å². The Bertz CT molecular complexity index is 965. The van der Waals surface area contributed by atoms with Crippen LogP contribution in [0.5, 0.6) is 5.75 Å². The summed E-state index contributed by atoms with van der Waals surface area (Å²) in [6.07, 6.45) is 5.35. The van der Waals surface area contributed by atoms with Gasteiger partial charge in [0.1, 0.15) is 5.75 Å². The predicted octanol–water partition coefficient (Wildman–Crippen LogP) is 5.61. The van der Waals surface area contributed by atoms with E-state index in [9.17, 15) is 14.7 Å². The number of carboxylic acids is 1. The van der Waals surface area contributed by atoms with E-state index in [1.807, 2.05) is 24.0 Å². The summed E-state index contributed by atoms with van der Waals surface area (Å²) in [4.78, 5) is 24.9. The second-order valence-electron chi connectivity index (χ2n) is 9.17. The van der Waals surface area contributed by atoms with Crippen molar-refractivity contribution in [1.82, 2.24) is 4.90 Å². The molecule has 2 unspecified atom stereocenters. The van der Waals surface area contributed by atoms with Crippen molar-refractivity contribution in [2.24, 2.45) is 5.92 Å². The van der Waals surface area contributed by atoms with Crippen molar-refractivity contribution in [3.63, 3.8) is 0 Å². The number of amides is 1. The van der Waals surface area contributed by atoms with Gasteiger partial charge in [0, 0.05) is 32.2 Å². The highest BCUT2D eigenvalue weighted by molar-refractivity contribution is 5.90. The lowest BCUT2D eigenvalue weighted by Crippen LogP contribution is -2.39. The molecule has 6 heteroatoms. The number of carbonyl (C=O) groups is 2. The van der Waals surface area contributed by atoms with Crippen LogP contribution in [0.25, 0.3) is 11.1 Å². The van der Waals surface area contributed by atoms with Crippen LogP contribution in [0.3, 0.4) is 0 Å². The molecule has 1 aliphatic heterocycles. The van der Waals surface area contributed by atoms with Gasteiger partial charge in [0.15, 0.2) is 0 Å². The molecular formula is C28H37NO5. The average molecular weight is 468 g/mol. The molecule has 1 saturated heterocycles. The van der Waals surface area contributed by atoms with E-state index >= 15 is 0 Å². The molecule has 2 aromatic carbocycles. The Balaban J connectivity index is 0.000000469. The summed E-state index contributed by atoms with van der Waals surface area (Å²) < 4.78 is 10.6. The van der Waals surface area contributed by atoms with Crippen LogP contribution in [-0.2, 0) is 9.53 Å². The van der Waals surface area contributed by atoms with Crippen molar-refractivity contribution < 1.29 is 24.2 Å². The molecule has 34 heavy (non-hydrogen) atoms. The molecule has 1 N–H and O–H groups in total. The zero-order chi connectivity index (χ0) is 24.7. The minimum atomic E-state index is -0.955. The average Bonchev–Trinajstić information content (AvgIpc) is 3.30. The Labute approximate surface area is 202 Å². The molecule has 0 spiro atoms. The van der Waals surface area contributed by atoms with Gasteiger partial charge in [0.2, 0.25) is 5.91 Å². The van der Waals surface area contributed by atoms with Gasteiger partial charge in [-0.1, -0.05) is 24.3 Å². The van der Waals surface area contributed by atoms with Gasteiger partial charge in [-0.05, 0) is 80.7 Å². The molecule has 4 rings (SSSR count). The van der Waals surface area contributed by atoms with Crippen molar-refractivity contribution in [1.29, 1.82) is 0 Å². The summed E-state index contributed by atoms with van der Waals surface area (Å²) in [5, 5.41) is 9.27. The van der Waals surface area contributed by atoms with Gasteiger partial charge in [-0.2, -0.15) is 0 Å². The Hall–Kier alpha value is -2.86. The molecule has 1 saturated carbocycles. The Morgan fingerprint density at radius 1 is 1.12 bits per heavy atom. The van der Waals surface area contributed by atoms with Crippen LogP contribution in [-0.4, -0.2) is 54.8 Å². The van der Waals surface area contributed by atoms with E-state index in [1.165, 1.54) is 18.4 Å². The summed E-state index contributed by atoms with van der Waals surface area (Å²) in [5.74, 6) is 0.797. The lowest BCUT2D eigenvalue weighted by Gasteiger charge is -2.40. The third-order valence-corrected chi connectivity index (χ3v) is 6.95. The van der Waals surface area contributed by atoms with Crippen molar-refractivity contribution >= 4 is 11.9 Å². The van der Waals surface area contributed by atoms with Gasteiger partial charge in [-0.3, -0.25) is 4.79 Å². The first kappa shape index (κ1) is 25.8. The molecule has 1 heterocycles. The second-order valence-corrected chi connectivity index (χ2v) is 9.17. The van der Waals surface area contributed by atoms with Crippen molar-refractivity contribution in [2.75, 3.05) is 26.8 Å². The molecule has 1 amide bonds. The van der Waals surface area contributed by atoms with Gasteiger partial charge in [0.05, 0.1) is 18.8 Å². The number of rotatable bonds is 7. The molecular weight excluding hydrogens is 430 g/mol.